The van der Waals surface area contributed by atoms with Gasteiger partial charge in [-0.25, -0.2) is 9.97 Å². The zero-order valence-corrected chi connectivity index (χ0v) is 14.1. The molecule has 0 aliphatic carbocycles. The SMILES string of the molecule is CCn1ccnc1[C@H]1OCCC[C@@H]1Nc1nc(C(C)C)ns1. The fourth-order valence-corrected chi connectivity index (χ4v) is 3.49. The molecule has 22 heavy (non-hydrogen) atoms. The first-order valence-corrected chi connectivity index (χ1v) is 8.69. The molecular weight excluding hydrogens is 298 g/mol. The largest absolute Gasteiger partial charge is 0.368 e. The Balaban J connectivity index is 1.77. The summed E-state index contributed by atoms with van der Waals surface area (Å²) in [5.74, 6) is 2.24. The van der Waals surface area contributed by atoms with E-state index in [4.69, 9.17) is 4.74 Å². The lowest BCUT2D eigenvalue weighted by atomic mass is 10.0. The van der Waals surface area contributed by atoms with Crippen LogP contribution in [0.25, 0.3) is 0 Å². The van der Waals surface area contributed by atoms with E-state index in [1.807, 2.05) is 12.4 Å². The van der Waals surface area contributed by atoms with E-state index < -0.39 is 0 Å². The Morgan fingerprint density at radius 1 is 1.50 bits per heavy atom. The minimum absolute atomic E-state index is 0.0323. The summed E-state index contributed by atoms with van der Waals surface area (Å²) in [5, 5.41) is 4.39. The quantitative estimate of drug-likeness (QED) is 0.916. The van der Waals surface area contributed by atoms with Gasteiger partial charge in [0.25, 0.3) is 0 Å². The van der Waals surface area contributed by atoms with Crippen molar-refractivity contribution in [3.8, 4) is 0 Å². The van der Waals surface area contributed by atoms with Gasteiger partial charge in [0, 0.05) is 43.0 Å². The monoisotopic (exact) mass is 321 g/mol. The van der Waals surface area contributed by atoms with Crippen molar-refractivity contribution < 1.29 is 4.74 Å². The second-order valence-electron chi connectivity index (χ2n) is 5.87. The van der Waals surface area contributed by atoms with Crippen LogP contribution in [0.2, 0.25) is 0 Å². The molecule has 0 spiro atoms. The molecule has 120 valence electrons. The van der Waals surface area contributed by atoms with Crippen LogP contribution in [0.4, 0.5) is 5.13 Å². The third-order valence-corrected chi connectivity index (χ3v) is 4.59. The molecule has 2 aromatic heterocycles. The molecule has 2 aromatic rings. The zero-order valence-electron chi connectivity index (χ0n) is 13.3. The van der Waals surface area contributed by atoms with Gasteiger partial charge in [0.2, 0.25) is 5.13 Å². The number of nitrogens with one attached hydrogen (secondary N) is 1. The Morgan fingerprint density at radius 3 is 3.09 bits per heavy atom. The number of ether oxygens (including phenoxy) is 1. The van der Waals surface area contributed by atoms with E-state index in [-0.39, 0.29) is 12.1 Å². The molecule has 1 N–H and O–H groups in total. The molecule has 0 radical (unpaired) electrons. The highest BCUT2D eigenvalue weighted by molar-refractivity contribution is 7.09. The van der Waals surface area contributed by atoms with Crippen LogP contribution in [0.15, 0.2) is 12.4 Å². The smallest absolute Gasteiger partial charge is 0.202 e. The first kappa shape index (κ1) is 15.4. The van der Waals surface area contributed by atoms with Crippen molar-refractivity contribution in [1.82, 2.24) is 18.9 Å². The van der Waals surface area contributed by atoms with Crippen molar-refractivity contribution in [2.45, 2.75) is 58.2 Å². The summed E-state index contributed by atoms with van der Waals surface area (Å²) in [6, 6.07) is 0.189. The molecule has 0 saturated carbocycles. The average Bonchev–Trinajstić information content (AvgIpc) is 3.16. The van der Waals surface area contributed by atoms with Crippen LogP contribution in [0.3, 0.4) is 0 Å². The van der Waals surface area contributed by atoms with E-state index in [2.05, 4.69) is 45.0 Å². The van der Waals surface area contributed by atoms with Crippen LogP contribution in [0.5, 0.6) is 0 Å². The third-order valence-electron chi connectivity index (χ3n) is 3.93. The minimum atomic E-state index is -0.0323. The summed E-state index contributed by atoms with van der Waals surface area (Å²) >= 11 is 1.43. The number of anilines is 1. The average molecular weight is 321 g/mol. The maximum atomic E-state index is 6.01. The van der Waals surface area contributed by atoms with Gasteiger partial charge in [0.1, 0.15) is 17.8 Å². The molecule has 1 saturated heterocycles. The van der Waals surface area contributed by atoms with Crippen LogP contribution in [0, 0.1) is 0 Å². The van der Waals surface area contributed by atoms with Crippen molar-refractivity contribution in [2.24, 2.45) is 0 Å². The maximum Gasteiger partial charge on any atom is 0.202 e. The second-order valence-corrected chi connectivity index (χ2v) is 6.62. The van der Waals surface area contributed by atoms with E-state index in [0.717, 1.165) is 42.8 Å². The van der Waals surface area contributed by atoms with Gasteiger partial charge in [-0.05, 0) is 19.8 Å². The second kappa shape index (κ2) is 6.75. The number of hydrogen-bond donors (Lipinski definition) is 1. The highest BCUT2D eigenvalue weighted by Crippen LogP contribution is 2.30. The Bertz CT molecular complexity index is 609. The number of imidazole rings is 1. The molecule has 0 bridgehead atoms. The zero-order chi connectivity index (χ0) is 15.5. The highest BCUT2D eigenvalue weighted by atomic mass is 32.1. The standard InChI is InChI=1S/C15H23N5OS/c1-4-20-8-7-16-14(20)12-11(6-5-9-21-12)17-15-18-13(10(2)3)19-22-15/h7-8,10-12H,4-6,9H2,1-3H3,(H,17,18,19)/t11-,12-/m0/s1. The Kier molecular flexibility index (Phi) is 4.73. The third kappa shape index (κ3) is 3.15. The maximum absolute atomic E-state index is 6.01. The predicted octanol–water partition coefficient (Wildman–Crippen LogP) is 3.21. The van der Waals surface area contributed by atoms with Gasteiger partial charge in [-0.3, -0.25) is 0 Å². The van der Waals surface area contributed by atoms with Crippen LogP contribution in [0.1, 0.15) is 57.3 Å². The van der Waals surface area contributed by atoms with Gasteiger partial charge in [0.05, 0.1) is 6.04 Å². The summed E-state index contributed by atoms with van der Waals surface area (Å²) in [4.78, 5) is 9.08. The van der Waals surface area contributed by atoms with Crippen molar-refractivity contribution in [3.05, 3.63) is 24.0 Å². The molecule has 2 atom stereocenters. The first-order valence-electron chi connectivity index (χ1n) is 7.91. The molecule has 1 aliphatic rings. The normalized spacial score (nSPS) is 22.2. The molecule has 6 nitrogen and oxygen atoms in total. The number of hydrogen-bond acceptors (Lipinski definition) is 6. The first-order chi connectivity index (χ1) is 10.7. The molecule has 1 fully saturated rings. The highest BCUT2D eigenvalue weighted by Gasteiger charge is 2.31. The summed E-state index contributed by atoms with van der Waals surface area (Å²) in [7, 11) is 0. The fraction of sp³-hybridized carbons (Fsp3) is 0.667. The molecule has 0 unspecified atom stereocenters. The summed E-state index contributed by atoms with van der Waals surface area (Å²) < 4.78 is 12.6. The topological polar surface area (TPSA) is 64.9 Å². The molecule has 0 aromatic carbocycles. The van der Waals surface area contributed by atoms with Crippen LogP contribution in [-0.4, -0.2) is 31.6 Å². The number of aryl methyl sites for hydroxylation is 1. The lowest BCUT2D eigenvalue weighted by Gasteiger charge is -2.31. The van der Waals surface area contributed by atoms with E-state index in [9.17, 15) is 0 Å². The van der Waals surface area contributed by atoms with Crippen LogP contribution < -0.4 is 5.32 Å². The van der Waals surface area contributed by atoms with E-state index in [1.54, 1.807) is 0 Å². The fourth-order valence-electron chi connectivity index (χ4n) is 2.72. The van der Waals surface area contributed by atoms with E-state index >= 15 is 0 Å². The summed E-state index contributed by atoms with van der Waals surface area (Å²) in [6.07, 6.45) is 5.92. The predicted molar refractivity (Wildman–Crippen MR) is 87.2 cm³/mol. The van der Waals surface area contributed by atoms with Gasteiger partial charge in [-0.15, -0.1) is 0 Å². The molecular formula is C15H23N5OS. The molecule has 0 amide bonds. The number of rotatable bonds is 5. The molecule has 7 heteroatoms. The number of nitrogens with zero attached hydrogens (tertiary/aromatic N) is 4. The lowest BCUT2D eigenvalue weighted by Crippen LogP contribution is -2.35. The van der Waals surface area contributed by atoms with Crippen molar-refractivity contribution in [1.29, 1.82) is 0 Å². The number of aromatic nitrogens is 4. The summed E-state index contributed by atoms with van der Waals surface area (Å²) in [6.45, 7) is 8.02. The Morgan fingerprint density at radius 2 is 2.36 bits per heavy atom. The van der Waals surface area contributed by atoms with Gasteiger partial charge < -0.3 is 14.6 Å². The van der Waals surface area contributed by atoms with Gasteiger partial charge >= 0.3 is 0 Å². The summed E-state index contributed by atoms with van der Waals surface area (Å²) in [5.41, 5.74) is 0. The lowest BCUT2D eigenvalue weighted by molar-refractivity contribution is -0.00169. The Hall–Kier alpha value is -1.47. The van der Waals surface area contributed by atoms with Gasteiger partial charge in [-0.1, -0.05) is 13.8 Å². The van der Waals surface area contributed by atoms with Crippen molar-refractivity contribution >= 4 is 16.7 Å². The van der Waals surface area contributed by atoms with Crippen LogP contribution >= 0.6 is 11.5 Å². The van der Waals surface area contributed by atoms with E-state index in [0.29, 0.717) is 5.92 Å². The van der Waals surface area contributed by atoms with Crippen molar-refractivity contribution in [3.63, 3.8) is 0 Å². The molecule has 3 heterocycles. The van der Waals surface area contributed by atoms with Crippen molar-refractivity contribution in [2.75, 3.05) is 11.9 Å². The van der Waals surface area contributed by atoms with Gasteiger partial charge in [0.15, 0.2) is 0 Å². The van der Waals surface area contributed by atoms with Gasteiger partial charge in [-0.2, -0.15) is 4.37 Å². The molecule has 3 rings (SSSR count). The Labute approximate surface area is 135 Å². The van der Waals surface area contributed by atoms with E-state index in [1.165, 1.54) is 11.5 Å². The minimum Gasteiger partial charge on any atom is -0.368 e. The molecule has 1 aliphatic heterocycles. The van der Waals surface area contributed by atoms with Crippen LogP contribution in [-0.2, 0) is 11.3 Å².